The van der Waals surface area contributed by atoms with Crippen LogP contribution >= 0.6 is 0 Å². The van der Waals surface area contributed by atoms with E-state index in [2.05, 4.69) is 0 Å². The first-order chi connectivity index (χ1) is 8.04. The van der Waals surface area contributed by atoms with E-state index in [1.807, 2.05) is 0 Å². The Hall–Kier alpha value is -2.37. The van der Waals surface area contributed by atoms with E-state index in [1.54, 1.807) is 0 Å². The Morgan fingerprint density at radius 2 is 2.06 bits per heavy atom. The van der Waals surface area contributed by atoms with Crippen LogP contribution in [0.3, 0.4) is 0 Å². The maximum atomic E-state index is 11.1. The minimum Gasteiger partial charge on any atom is -0.502 e. The van der Waals surface area contributed by atoms with E-state index in [0.29, 0.717) is 5.56 Å². The zero-order valence-corrected chi connectivity index (χ0v) is 9.12. The molecule has 0 aliphatic rings. The highest BCUT2D eigenvalue weighted by molar-refractivity contribution is 5.85. The van der Waals surface area contributed by atoms with Crippen LogP contribution in [0.4, 0.5) is 5.69 Å². The number of ether oxygens (including phenoxy) is 1. The Morgan fingerprint density at radius 1 is 1.47 bits per heavy atom. The number of nitrogens with zero attached hydrogens (tertiary/aromatic N) is 1. The van der Waals surface area contributed by atoms with Gasteiger partial charge in [0.25, 0.3) is 5.69 Å². The third-order valence-corrected chi connectivity index (χ3v) is 2.00. The van der Waals surface area contributed by atoms with Gasteiger partial charge >= 0.3 is 5.97 Å². The van der Waals surface area contributed by atoms with Gasteiger partial charge in [0.15, 0.2) is 5.76 Å². The molecule has 0 saturated carbocycles. The van der Waals surface area contributed by atoms with Gasteiger partial charge < -0.3 is 9.84 Å². The van der Waals surface area contributed by atoms with Crippen LogP contribution in [-0.4, -0.2) is 16.0 Å². The molecule has 0 saturated heterocycles. The van der Waals surface area contributed by atoms with Gasteiger partial charge in [-0.05, 0) is 30.7 Å². The molecule has 0 aliphatic heterocycles. The zero-order valence-electron chi connectivity index (χ0n) is 9.12. The van der Waals surface area contributed by atoms with Gasteiger partial charge in [-0.3, -0.25) is 10.1 Å². The van der Waals surface area contributed by atoms with Gasteiger partial charge in [0.1, 0.15) is 6.61 Å². The number of nitro benzene ring substituents is 1. The van der Waals surface area contributed by atoms with Crippen molar-refractivity contribution in [3.8, 4) is 0 Å². The van der Waals surface area contributed by atoms with Crippen molar-refractivity contribution in [2.45, 2.75) is 13.5 Å². The second-order valence-corrected chi connectivity index (χ2v) is 3.17. The lowest BCUT2D eigenvalue weighted by Crippen LogP contribution is -2.07. The molecule has 1 aromatic rings. The van der Waals surface area contributed by atoms with Crippen molar-refractivity contribution >= 4 is 11.7 Å². The van der Waals surface area contributed by atoms with E-state index in [4.69, 9.17) is 9.84 Å². The number of allylic oxidation sites excluding steroid dienone is 1. The van der Waals surface area contributed by atoms with Crippen LogP contribution in [0.25, 0.3) is 0 Å². The molecule has 0 unspecified atom stereocenters. The zero-order chi connectivity index (χ0) is 12.8. The molecule has 0 aliphatic carbocycles. The summed E-state index contributed by atoms with van der Waals surface area (Å²) < 4.78 is 4.75. The van der Waals surface area contributed by atoms with Crippen molar-refractivity contribution in [3.05, 3.63) is 51.8 Å². The number of hydrogen-bond donors (Lipinski definition) is 1. The third kappa shape index (κ3) is 3.60. The predicted octanol–water partition coefficient (Wildman–Crippen LogP) is 2.10. The third-order valence-electron chi connectivity index (χ3n) is 2.00. The summed E-state index contributed by atoms with van der Waals surface area (Å²) in [6.45, 7) is 1.46. The molecule has 0 spiro atoms. The molecule has 0 bridgehead atoms. The first-order valence-electron chi connectivity index (χ1n) is 4.80. The largest absolute Gasteiger partial charge is 0.502 e. The lowest BCUT2D eigenvalue weighted by atomic mass is 10.2. The van der Waals surface area contributed by atoms with Gasteiger partial charge in [-0.2, -0.15) is 0 Å². The van der Waals surface area contributed by atoms with Gasteiger partial charge in [-0.15, -0.1) is 0 Å². The van der Waals surface area contributed by atoms with Crippen LogP contribution in [0.1, 0.15) is 12.5 Å². The summed E-state index contributed by atoms with van der Waals surface area (Å²) in [5, 5.41) is 19.4. The summed E-state index contributed by atoms with van der Waals surface area (Å²) >= 11 is 0. The molecule has 1 rings (SSSR count). The van der Waals surface area contributed by atoms with Gasteiger partial charge in [0, 0.05) is 12.1 Å². The van der Waals surface area contributed by atoms with Crippen molar-refractivity contribution in [1.29, 1.82) is 0 Å². The fraction of sp³-hybridized carbons (Fsp3) is 0.182. The maximum absolute atomic E-state index is 11.1. The molecule has 6 heteroatoms. The monoisotopic (exact) mass is 237 g/mol. The molecule has 0 atom stereocenters. The summed E-state index contributed by atoms with van der Waals surface area (Å²) in [5.74, 6) is -1.29. The van der Waals surface area contributed by atoms with Crippen molar-refractivity contribution in [2.75, 3.05) is 0 Å². The van der Waals surface area contributed by atoms with Gasteiger partial charge in [-0.25, -0.2) is 4.79 Å². The van der Waals surface area contributed by atoms with E-state index >= 15 is 0 Å². The van der Waals surface area contributed by atoms with Crippen molar-refractivity contribution in [1.82, 2.24) is 0 Å². The molecule has 1 aromatic carbocycles. The quantitative estimate of drug-likeness (QED) is 0.285. The van der Waals surface area contributed by atoms with E-state index in [9.17, 15) is 14.9 Å². The first kappa shape index (κ1) is 12.7. The molecule has 0 fully saturated rings. The number of aliphatic hydroxyl groups is 1. The molecule has 1 N–H and O–H groups in total. The van der Waals surface area contributed by atoms with Crippen LogP contribution < -0.4 is 0 Å². The highest BCUT2D eigenvalue weighted by Crippen LogP contribution is 2.12. The second-order valence-electron chi connectivity index (χ2n) is 3.17. The fourth-order valence-electron chi connectivity index (χ4n) is 1.05. The average molecular weight is 237 g/mol. The normalized spacial score (nSPS) is 11.0. The van der Waals surface area contributed by atoms with Crippen LogP contribution in [0.15, 0.2) is 36.1 Å². The summed E-state index contributed by atoms with van der Waals surface area (Å²) in [4.78, 5) is 20.9. The second kappa shape index (κ2) is 5.64. The smallest absolute Gasteiger partial charge is 0.373 e. The maximum Gasteiger partial charge on any atom is 0.373 e. The Kier molecular flexibility index (Phi) is 4.21. The SMILES string of the molecule is C/C=C(\O)C(=O)OCc1ccc([N+](=O)[O-])cc1. The van der Waals surface area contributed by atoms with Crippen molar-refractivity contribution in [2.24, 2.45) is 0 Å². The summed E-state index contributed by atoms with van der Waals surface area (Å²) in [6.07, 6.45) is 1.22. The number of aliphatic hydroxyl groups excluding tert-OH is 1. The van der Waals surface area contributed by atoms with E-state index in [-0.39, 0.29) is 12.3 Å². The van der Waals surface area contributed by atoms with E-state index in [0.717, 1.165) is 0 Å². The molecule has 0 heterocycles. The lowest BCUT2D eigenvalue weighted by Gasteiger charge is -2.03. The molecule has 90 valence electrons. The predicted molar refractivity (Wildman–Crippen MR) is 59.3 cm³/mol. The van der Waals surface area contributed by atoms with Crippen molar-refractivity contribution < 1.29 is 19.6 Å². The van der Waals surface area contributed by atoms with Crippen molar-refractivity contribution in [3.63, 3.8) is 0 Å². The molecule has 0 radical (unpaired) electrons. The summed E-state index contributed by atoms with van der Waals surface area (Å²) in [5.41, 5.74) is 0.573. The Labute approximate surface area is 97.3 Å². The highest BCUT2D eigenvalue weighted by atomic mass is 16.6. The fourth-order valence-corrected chi connectivity index (χ4v) is 1.05. The Bertz CT molecular complexity index is 449. The van der Waals surface area contributed by atoms with E-state index in [1.165, 1.54) is 37.3 Å². The number of hydrogen-bond acceptors (Lipinski definition) is 5. The molecular formula is C11H11NO5. The number of rotatable bonds is 4. The van der Waals surface area contributed by atoms with Crippen LogP contribution in [0.5, 0.6) is 0 Å². The van der Waals surface area contributed by atoms with E-state index < -0.39 is 16.7 Å². The molecule has 0 aromatic heterocycles. The van der Waals surface area contributed by atoms with Gasteiger partial charge in [-0.1, -0.05) is 0 Å². The van der Waals surface area contributed by atoms with Gasteiger partial charge in [0.05, 0.1) is 4.92 Å². The summed E-state index contributed by atoms with van der Waals surface area (Å²) in [6, 6.07) is 5.60. The van der Waals surface area contributed by atoms with Crippen LogP contribution in [0, 0.1) is 10.1 Å². The Morgan fingerprint density at radius 3 is 2.53 bits per heavy atom. The minimum atomic E-state index is -0.828. The number of benzene rings is 1. The number of esters is 1. The summed E-state index contributed by atoms with van der Waals surface area (Å²) in [7, 11) is 0. The Balaban J connectivity index is 2.59. The minimum absolute atomic E-state index is 0.0311. The number of carbonyl (C=O) groups excluding carboxylic acids is 1. The first-order valence-corrected chi connectivity index (χ1v) is 4.80. The van der Waals surface area contributed by atoms with Crippen LogP contribution in [0.2, 0.25) is 0 Å². The van der Waals surface area contributed by atoms with Gasteiger partial charge in [0.2, 0.25) is 0 Å². The molecule has 6 nitrogen and oxygen atoms in total. The highest BCUT2D eigenvalue weighted by Gasteiger charge is 2.09. The topological polar surface area (TPSA) is 89.7 Å². The standard InChI is InChI=1S/C11H11NO5/c1-2-10(13)11(14)17-7-8-3-5-9(6-4-8)12(15)16/h2-6,13H,7H2,1H3/b10-2-. The average Bonchev–Trinajstić information content (AvgIpc) is 2.35. The molecular weight excluding hydrogens is 226 g/mol. The molecule has 0 amide bonds. The van der Waals surface area contributed by atoms with Crippen LogP contribution in [-0.2, 0) is 16.1 Å². The lowest BCUT2D eigenvalue weighted by molar-refractivity contribution is -0.384. The molecule has 17 heavy (non-hydrogen) atoms. The number of carbonyl (C=O) groups is 1. The number of non-ortho nitro benzene ring substituents is 1. The number of nitro groups is 1.